The first-order valence-electron chi connectivity index (χ1n) is 10.2. The Bertz CT molecular complexity index is 974. The van der Waals surface area contributed by atoms with Crippen molar-refractivity contribution < 1.29 is 19.4 Å². The summed E-state index contributed by atoms with van der Waals surface area (Å²) in [6, 6.07) is 5.88. The van der Waals surface area contributed by atoms with E-state index in [0.29, 0.717) is 22.3 Å². The van der Waals surface area contributed by atoms with Gasteiger partial charge in [0.2, 0.25) is 5.91 Å². The van der Waals surface area contributed by atoms with Gasteiger partial charge >= 0.3 is 5.97 Å². The van der Waals surface area contributed by atoms with Gasteiger partial charge in [-0.3, -0.25) is 9.78 Å². The van der Waals surface area contributed by atoms with Gasteiger partial charge in [0.15, 0.2) is 0 Å². The third-order valence-electron chi connectivity index (χ3n) is 6.14. The van der Waals surface area contributed by atoms with Crippen LogP contribution in [0.3, 0.4) is 0 Å². The van der Waals surface area contributed by atoms with E-state index >= 15 is 0 Å². The molecule has 2 unspecified atom stereocenters. The number of nitrogens with two attached hydrogens (primary N) is 1. The second kappa shape index (κ2) is 7.21. The van der Waals surface area contributed by atoms with Crippen LogP contribution < -0.4 is 10.5 Å². The molecule has 2 aliphatic rings. The molecule has 7 heteroatoms. The highest BCUT2D eigenvalue weighted by Crippen LogP contribution is 2.40. The number of benzene rings is 1. The molecule has 0 spiro atoms. The van der Waals surface area contributed by atoms with Crippen LogP contribution in [0.5, 0.6) is 5.75 Å². The summed E-state index contributed by atoms with van der Waals surface area (Å²) in [5, 5.41) is 10.1. The zero-order valence-corrected chi connectivity index (χ0v) is 17.0. The van der Waals surface area contributed by atoms with Crippen molar-refractivity contribution in [2.75, 3.05) is 5.73 Å². The van der Waals surface area contributed by atoms with Crippen LogP contribution in [0.4, 0.5) is 5.69 Å². The smallest absolute Gasteiger partial charge is 0.339 e. The number of carboxylic acids is 1. The Kier molecular flexibility index (Phi) is 4.84. The number of fused-ring (bicyclic) bond motifs is 3. The third kappa shape index (κ3) is 3.28. The first kappa shape index (κ1) is 19.5. The van der Waals surface area contributed by atoms with Gasteiger partial charge in [-0.15, -0.1) is 0 Å². The average molecular weight is 397 g/mol. The summed E-state index contributed by atoms with van der Waals surface area (Å²) in [6.45, 7) is 5.53. The molecule has 0 radical (unpaired) electrons. The normalized spacial score (nSPS) is 23.6. The molecule has 2 atom stereocenters. The monoisotopic (exact) mass is 397 g/mol. The number of piperidine rings is 1. The molecule has 4 rings (SSSR count). The molecule has 154 valence electrons. The first-order valence-corrected chi connectivity index (χ1v) is 10.2. The molecule has 1 aromatic carbocycles. The van der Waals surface area contributed by atoms with Gasteiger partial charge in [-0.1, -0.05) is 19.9 Å². The van der Waals surface area contributed by atoms with Gasteiger partial charge in [0.1, 0.15) is 17.4 Å². The van der Waals surface area contributed by atoms with E-state index in [1.807, 2.05) is 32.0 Å². The molecule has 2 aromatic rings. The number of hydrogen-bond donors (Lipinski definition) is 2. The molecule has 1 aromatic heterocycles. The van der Waals surface area contributed by atoms with Crippen LogP contribution in [-0.2, 0) is 4.79 Å². The number of aryl methyl sites for hydroxylation is 1. The third-order valence-corrected chi connectivity index (χ3v) is 6.14. The standard InChI is InChI=1S/C22H27N3O4/c1-11(2)21(26)25-13-7-8-14(25)10-15(9-13)29-17-6-4-5-16-19(17)20(23)18(22(27)28)12(3)24-16/h4-6,11,13-15H,7-10H2,1-3H3,(H2,23,24)(H,27,28). The van der Waals surface area contributed by atoms with Crippen molar-refractivity contribution in [2.24, 2.45) is 5.92 Å². The Hall–Kier alpha value is -2.83. The maximum Gasteiger partial charge on any atom is 0.339 e. The van der Waals surface area contributed by atoms with E-state index in [1.54, 1.807) is 6.92 Å². The molecule has 29 heavy (non-hydrogen) atoms. The summed E-state index contributed by atoms with van der Waals surface area (Å²) < 4.78 is 6.34. The molecule has 3 heterocycles. The van der Waals surface area contributed by atoms with Crippen molar-refractivity contribution >= 4 is 28.5 Å². The van der Waals surface area contributed by atoms with Crippen molar-refractivity contribution in [3.63, 3.8) is 0 Å². The Morgan fingerprint density at radius 3 is 2.48 bits per heavy atom. The molecule has 0 aliphatic carbocycles. The van der Waals surface area contributed by atoms with Gasteiger partial charge in [-0.2, -0.15) is 0 Å². The lowest BCUT2D eigenvalue weighted by Gasteiger charge is -2.40. The summed E-state index contributed by atoms with van der Waals surface area (Å²) in [5.74, 6) is -0.320. The Morgan fingerprint density at radius 2 is 1.90 bits per heavy atom. The van der Waals surface area contributed by atoms with Crippen LogP contribution in [0.2, 0.25) is 0 Å². The number of pyridine rings is 1. The Balaban J connectivity index is 1.64. The fourth-order valence-electron chi connectivity index (χ4n) is 4.87. The van der Waals surface area contributed by atoms with Crippen LogP contribution in [-0.4, -0.2) is 45.1 Å². The van der Waals surface area contributed by atoms with Gasteiger partial charge in [0.25, 0.3) is 0 Å². The second-order valence-electron chi connectivity index (χ2n) is 8.44. The molecule has 0 saturated carbocycles. The number of carbonyl (C=O) groups excluding carboxylic acids is 1. The number of anilines is 1. The minimum atomic E-state index is -1.09. The number of carbonyl (C=O) groups is 2. The van der Waals surface area contributed by atoms with Crippen LogP contribution >= 0.6 is 0 Å². The first-order chi connectivity index (χ1) is 13.8. The number of aromatic nitrogens is 1. The predicted octanol–water partition coefficient (Wildman–Crippen LogP) is 3.38. The van der Waals surface area contributed by atoms with E-state index in [1.165, 1.54) is 0 Å². The fourth-order valence-corrected chi connectivity index (χ4v) is 4.87. The SMILES string of the molecule is Cc1nc2cccc(OC3CC4CCC(C3)N4C(=O)C(C)C)c2c(N)c1C(=O)O. The fraction of sp³-hybridized carbons (Fsp3) is 0.500. The van der Waals surface area contributed by atoms with Crippen molar-refractivity contribution in [1.82, 2.24) is 9.88 Å². The molecule has 1 amide bonds. The van der Waals surface area contributed by atoms with E-state index < -0.39 is 5.97 Å². The maximum absolute atomic E-state index is 12.6. The molecule has 2 saturated heterocycles. The van der Waals surface area contributed by atoms with Gasteiger partial charge in [-0.25, -0.2) is 4.79 Å². The number of rotatable bonds is 4. The van der Waals surface area contributed by atoms with Gasteiger partial charge in [-0.05, 0) is 31.9 Å². The Labute approximate surface area is 169 Å². The van der Waals surface area contributed by atoms with Gasteiger partial charge in [0, 0.05) is 30.8 Å². The molecule has 2 aliphatic heterocycles. The lowest BCUT2D eigenvalue weighted by atomic mass is 9.97. The van der Waals surface area contributed by atoms with Gasteiger partial charge in [0.05, 0.1) is 22.3 Å². The Morgan fingerprint density at radius 1 is 1.24 bits per heavy atom. The predicted molar refractivity (Wildman–Crippen MR) is 110 cm³/mol. The number of nitrogens with zero attached hydrogens (tertiary/aromatic N) is 2. The minimum absolute atomic E-state index is 0.00260. The largest absolute Gasteiger partial charge is 0.489 e. The summed E-state index contributed by atoms with van der Waals surface area (Å²) in [5.41, 5.74) is 7.45. The molecule has 3 N–H and O–H groups in total. The van der Waals surface area contributed by atoms with Crippen LogP contribution in [0.1, 0.15) is 55.6 Å². The van der Waals surface area contributed by atoms with Gasteiger partial charge < -0.3 is 20.5 Å². The van der Waals surface area contributed by atoms with E-state index in [9.17, 15) is 14.7 Å². The number of aromatic carboxylic acids is 1. The average Bonchev–Trinajstić information content (AvgIpc) is 2.90. The van der Waals surface area contributed by atoms with Crippen LogP contribution in [0.25, 0.3) is 10.9 Å². The van der Waals surface area contributed by atoms with E-state index in [2.05, 4.69) is 9.88 Å². The quantitative estimate of drug-likeness (QED) is 0.819. The lowest BCUT2D eigenvalue weighted by molar-refractivity contribution is -0.140. The summed E-state index contributed by atoms with van der Waals surface area (Å²) in [7, 11) is 0. The molecule has 7 nitrogen and oxygen atoms in total. The van der Waals surface area contributed by atoms with Crippen molar-refractivity contribution in [3.05, 3.63) is 29.5 Å². The minimum Gasteiger partial charge on any atom is -0.489 e. The molecule has 2 bridgehead atoms. The number of amides is 1. The highest BCUT2D eigenvalue weighted by atomic mass is 16.5. The van der Waals surface area contributed by atoms with E-state index in [-0.39, 0.29) is 41.3 Å². The number of hydrogen-bond acceptors (Lipinski definition) is 5. The molecular weight excluding hydrogens is 370 g/mol. The zero-order chi connectivity index (χ0) is 20.9. The molecule has 2 fully saturated rings. The van der Waals surface area contributed by atoms with Crippen LogP contribution in [0.15, 0.2) is 18.2 Å². The van der Waals surface area contributed by atoms with Crippen molar-refractivity contribution in [3.8, 4) is 5.75 Å². The number of nitrogen functional groups attached to an aromatic ring is 1. The highest BCUT2D eigenvalue weighted by molar-refractivity contribution is 6.06. The van der Waals surface area contributed by atoms with Crippen molar-refractivity contribution in [1.29, 1.82) is 0 Å². The summed E-state index contributed by atoms with van der Waals surface area (Å²) in [4.78, 5) is 30.7. The van der Waals surface area contributed by atoms with E-state index in [0.717, 1.165) is 25.7 Å². The second-order valence-corrected chi connectivity index (χ2v) is 8.44. The molecular formula is C22H27N3O4. The zero-order valence-electron chi connectivity index (χ0n) is 17.0. The topological polar surface area (TPSA) is 106 Å². The summed E-state index contributed by atoms with van der Waals surface area (Å²) >= 11 is 0. The number of carboxylic acid groups (broad SMARTS) is 1. The lowest BCUT2D eigenvalue weighted by Crippen LogP contribution is -2.50. The maximum atomic E-state index is 12.6. The number of ether oxygens (including phenoxy) is 1. The van der Waals surface area contributed by atoms with E-state index in [4.69, 9.17) is 10.5 Å². The highest BCUT2D eigenvalue weighted by Gasteiger charge is 2.44. The van der Waals surface area contributed by atoms with Crippen LogP contribution in [0, 0.1) is 12.8 Å². The summed E-state index contributed by atoms with van der Waals surface area (Å²) in [6.07, 6.45) is 3.52. The van der Waals surface area contributed by atoms with Crippen molar-refractivity contribution in [2.45, 2.75) is 64.6 Å².